The van der Waals surface area contributed by atoms with Gasteiger partial charge < -0.3 is 15.8 Å². The van der Waals surface area contributed by atoms with Crippen LogP contribution in [0.25, 0.3) is 0 Å². The Kier molecular flexibility index (Phi) is 8.57. The molecule has 202 valence electrons. The van der Waals surface area contributed by atoms with Gasteiger partial charge in [0.15, 0.2) is 0 Å². The molecular formula is C28H43N7O2. The largest absolute Gasteiger partial charge is 0.484 e. The molecule has 1 aromatic heterocycles. The molecule has 0 bridgehead atoms. The van der Waals surface area contributed by atoms with Crippen LogP contribution >= 0.6 is 0 Å². The van der Waals surface area contributed by atoms with E-state index in [1.54, 1.807) is 31.5 Å². The van der Waals surface area contributed by atoms with Gasteiger partial charge in [0.05, 0.1) is 12.2 Å². The molecular weight excluding hydrogens is 466 g/mol. The van der Waals surface area contributed by atoms with Crippen molar-refractivity contribution in [1.82, 2.24) is 15.2 Å². The van der Waals surface area contributed by atoms with Crippen LogP contribution in [0, 0.1) is 22.2 Å². The van der Waals surface area contributed by atoms with E-state index in [4.69, 9.17) is 21.3 Å². The first-order chi connectivity index (χ1) is 17.4. The van der Waals surface area contributed by atoms with E-state index in [-0.39, 0.29) is 37.9 Å². The number of hydrogen-bond donors (Lipinski definition) is 5. The molecule has 1 heterocycles. The topological polar surface area (TPSA) is 141 Å². The Morgan fingerprint density at radius 2 is 1.89 bits per heavy atom. The van der Waals surface area contributed by atoms with Crippen LogP contribution < -0.4 is 26.6 Å². The number of carbonyl (C=O) groups is 1. The predicted octanol–water partition coefficient (Wildman–Crippen LogP) is 5.11. The summed E-state index contributed by atoms with van der Waals surface area (Å²) in [4.78, 5) is 17.0. The van der Waals surface area contributed by atoms with Gasteiger partial charge in [0, 0.05) is 26.9 Å². The van der Waals surface area contributed by atoms with Gasteiger partial charge >= 0.3 is 6.03 Å². The van der Waals surface area contributed by atoms with Crippen molar-refractivity contribution < 1.29 is 12.4 Å². The average Bonchev–Trinajstić information content (AvgIpc) is 2.85. The lowest BCUT2D eigenvalue weighted by atomic mass is 9.85. The summed E-state index contributed by atoms with van der Waals surface area (Å²) in [7, 11) is 1.61. The number of aliphatic imine (C=N–C) groups is 1. The van der Waals surface area contributed by atoms with Gasteiger partial charge in [-0.3, -0.25) is 25.7 Å². The van der Waals surface area contributed by atoms with Gasteiger partial charge in [-0.05, 0) is 42.2 Å². The lowest BCUT2D eigenvalue weighted by Gasteiger charge is -2.32. The molecule has 0 saturated carbocycles. The second kappa shape index (κ2) is 11.5. The van der Waals surface area contributed by atoms with Crippen LogP contribution in [0.2, 0.25) is 0 Å². The van der Waals surface area contributed by atoms with Crippen molar-refractivity contribution in [1.29, 1.82) is 10.8 Å². The van der Waals surface area contributed by atoms with Crippen LogP contribution in [0.1, 0.15) is 73.6 Å². The molecule has 1 aliphatic carbocycles. The predicted molar refractivity (Wildman–Crippen MR) is 151 cm³/mol. The fraction of sp³-hybridized carbons (Fsp3) is 0.429. The van der Waals surface area contributed by atoms with E-state index in [0.29, 0.717) is 36.0 Å². The van der Waals surface area contributed by atoms with Crippen molar-refractivity contribution in [2.45, 2.75) is 59.6 Å². The highest BCUT2D eigenvalue weighted by atomic mass is 16.5. The molecule has 2 aromatic rings. The number of aromatic nitrogens is 1. The van der Waals surface area contributed by atoms with E-state index in [2.05, 4.69) is 15.6 Å². The number of nitrogens with two attached hydrogens (primary N) is 1. The minimum absolute atomic E-state index is 0. The molecule has 1 aromatic carbocycles. The third kappa shape index (κ3) is 6.87. The number of nitrogens with zero attached hydrogens (tertiary/aromatic N) is 2. The number of rotatable bonds is 5. The lowest BCUT2D eigenvalue weighted by molar-refractivity contribution is 0.171. The second-order valence-corrected chi connectivity index (χ2v) is 10.6. The van der Waals surface area contributed by atoms with Gasteiger partial charge in [0.1, 0.15) is 29.0 Å². The number of carbonyl (C=O) groups excluding carboxylic acids is 1. The summed E-state index contributed by atoms with van der Waals surface area (Å²) in [5.41, 5.74) is 8.77. The van der Waals surface area contributed by atoms with Crippen molar-refractivity contribution in [2.75, 3.05) is 7.05 Å². The van der Waals surface area contributed by atoms with Crippen molar-refractivity contribution >= 4 is 17.7 Å². The summed E-state index contributed by atoms with van der Waals surface area (Å²) in [6.45, 7) is 9.85. The quantitative estimate of drug-likeness (QED) is 0.282. The minimum atomic E-state index is -0.350. The van der Waals surface area contributed by atoms with E-state index in [1.807, 2.05) is 58.9 Å². The zero-order valence-electron chi connectivity index (χ0n) is 22.6. The lowest BCUT2D eigenvalue weighted by Crippen LogP contribution is -2.42. The number of benzene rings is 1. The van der Waals surface area contributed by atoms with Crippen LogP contribution in [0.3, 0.4) is 0 Å². The summed E-state index contributed by atoms with van der Waals surface area (Å²) >= 11 is 0. The molecule has 1 aliphatic rings. The molecule has 0 unspecified atom stereocenters. The smallest absolute Gasteiger partial charge is 0.320 e. The number of hydrogen-bond acceptors (Lipinski definition) is 6. The number of allylic oxidation sites excluding steroid dienone is 1. The molecule has 9 nitrogen and oxygen atoms in total. The Hall–Kier alpha value is -3.88. The Balaban J connectivity index is 0.00000380. The Morgan fingerprint density at radius 3 is 2.51 bits per heavy atom. The molecule has 3 rings (SSSR count). The summed E-state index contributed by atoms with van der Waals surface area (Å²) in [6.07, 6.45) is 4.56. The van der Waals surface area contributed by atoms with Crippen LogP contribution in [-0.4, -0.2) is 29.3 Å². The van der Waals surface area contributed by atoms with Gasteiger partial charge in [-0.15, -0.1) is 0 Å². The maximum Gasteiger partial charge on any atom is 0.320 e. The first-order valence-electron chi connectivity index (χ1n) is 12.5. The molecule has 0 saturated heterocycles. The average molecular weight is 510 g/mol. The summed E-state index contributed by atoms with van der Waals surface area (Å²) < 4.78 is 7.89. The number of amidine groups is 1. The molecule has 2 atom stereocenters. The molecule has 6 N–H and O–H groups in total. The number of amides is 2. The van der Waals surface area contributed by atoms with Crippen LogP contribution in [0.5, 0.6) is 5.75 Å². The van der Waals surface area contributed by atoms with Crippen LogP contribution in [-0.2, 0) is 0 Å². The van der Waals surface area contributed by atoms with Crippen molar-refractivity contribution in [3.8, 4) is 5.75 Å². The second-order valence-electron chi connectivity index (χ2n) is 10.6. The third-order valence-corrected chi connectivity index (χ3v) is 6.39. The van der Waals surface area contributed by atoms with E-state index in [9.17, 15) is 4.79 Å². The minimum Gasteiger partial charge on any atom is -0.484 e. The molecule has 0 aliphatic heterocycles. The first kappa shape index (κ1) is 27.7. The summed E-state index contributed by atoms with van der Waals surface area (Å²) in [5.74, 6) is 1.31. The molecule has 0 spiro atoms. The van der Waals surface area contributed by atoms with Crippen LogP contribution in [0.4, 0.5) is 4.79 Å². The van der Waals surface area contributed by atoms with Crippen LogP contribution in [0.15, 0.2) is 59.4 Å². The highest BCUT2D eigenvalue weighted by Gasteiger charge is 2.29. The standard InChI is InChI=1S/C28H39N7O2.2H2/c1-17(2)26(31)35-16-18(11-14-24(35)30)37-22-13-12-21(19-9-7-8-10-20(19)22)33-27(36)34-25(32-6)15-23(29)28(3,4)5;;/h7-11,14-17,21-22,30-31H,12-13,29H2,1-6H3,(H2,32,33,34,36);2*1H/b23-15-,30-24?,31-26?;;/t21-,22+;;/m0../s1. The zero-order chi connectivity index (χ0) is 27.3. The first-order valence-corrected chi connectivity index (χ1v) is 12.5. The summed E-state index contributed by atoms with van der Waals surface area (Å²) in [6, 6.07) is 10.8. The van der Waals surface area contributed by atoms with E-state index in [1.165, 1.54) is 4.57 Å². The number of pyridine rings is 1. The number of urea groups is 1. The highest BCUT2D eigenvalue weighted by Crippen LogP contribution is 2.38. The maximum atomic E-state index is 12.8. The van der Waals surface area contributed by atoms with Crippen molar-refractivity contribution in [3.05, 3.63) is 71.0 Å². The molecule has 9 heteroatoms. The SMILES string of the molecule is CN=C(/C=C(\N)C(C)(C)C)NC(=O)N[C@H]1CC[C@@H](Oc2ccc(=N)n(C(=N)C(C)C)c2)c2ccccc21.[HH].[HH]. The van der Waals surface area contributed by atoms with Gasteiger partial charge in [-0.2, -0.15) is 0 Å². The normalized spacial score (nSPS) is 18.2. The van der Waals surface area contributed by atoms with Crippen molar-refractivity contribution in [3.63, 3.8) is 0 Å². The molecule has 0 radical (unpaired) electrons. The Bertz CT molecular complexity index is 1280. The third-order valence-electron chi connectivity index (χ3n) is 6.39. The molecule has 2 amide bonds. The van der Waals surface area contributed by atoms with Gasteiger partial charge in [0.25, 0.3) is 0 Å². The number of ether oxygens (including phenoxy) is 1. The fourth-order valence-electron chi connectivity index (χ4n) is 4.05. The van der Waals surface area contributed by atoms with E-state index < -0.39 is 0 Å². The Morgan fingerprint density at radius 1 is 1.22 bits per heavy atom. The maximum absolute atomic E-state index is 12.8. The number of fused-ring (bicyclic) bond motifs is 1. The summed E-state index contributed by atoms with van der Waals surface area (Å²) in [5, 5.41) is 22.3. The Labute approximate surface area is 221 Å². The van der Waals surface area contributed by atoms with Gasteiger partial charge in [-0.1, -0.05) is 58.9 Å². The van der Waals surface area contributed by atoms with Crippen molar-refractivity contribution in [2.24, 2.45) is 22.1 Å². The van der Waals surface area contributed by atoms with E-state index >= 15 is 0 Å². The fourth-order valence-corrected chi connectivity index (χ4v) is 4.05. The highest BCUT2D eigenvalue weighted by molar-refractivity contribution is 6.04. The zero-order valence-corrected chi connectivity index (χ0v) is 22.6. The van der Waals surface area contributed by atoms with E-state index in [0.717, 1.165) is 11.1 Å². The number of nitrogens with one attached hydrogen (secondary N) is 4. The van der Waals surface area contributed by atoms with Gasteiger partial charge in [-0.25, -0.2) is 4.79 Å². The molecule has 0 fully saturated rings. The monoisotopic (exact) mass is 509 g/mol. The van der Waals surface area contributed by atoms with Gasteiger partial charge in [0.2, 0.25) is 0 Å². The molecule has 37 heavy (non-hydrogen) atoms.